The zero-order chi connectivity index (χ0) is 13.5. The lowest BCUT2D eigenvalue weighted by Gasteiger charge is -2.29. The molecular formula is C13H23N3OS. The van der Waals surface area contributed by atoms with E-state index in [0.717, 1.165) is 13.0 Å². The van der Waals surface area contributed by atoms with Gasteiger partial charge in [0.25, 0.3) is 0 Å². The van der Waals surface area contributed by atoms with Gasteiger partial charge in [0.15, 0.2) is 0 Å². The van der Waals surface area contributed by atoms with Crippen molar-refractivity contribution in [2.75, 3.05) is 26.7 Å². The molecule has 0 bridgehead atoms. The van der Waals surface area contributed by atoms with Crippen LogP contribution in [0, 0.1) is 6.92 Å². The average Bonchev–Trinajstić information content (AvgIpc) is 2.76. The Morgan fingerprint density at radius 2 is 2.28 bits per heavy atom. The maximum atomic E-state index is 11.6. The second kappa shape index (κ2) is 7.51. The Labute approximate surface area is 113 Å². The standard InChI is InChI=1S/C13H23N3OS/c1-4-7-16(9-13(17)15-3)11(8-14)12-6-5-10(2)18-12/h5-6,11H,4,7-9,14H2,1-3H3,(H,15,17). The third-order valence-corrected chi connectivity index (χ3v) is 3.99. The highest BCUT2D eigenvalue weighted by Crippen LogP contribution is 2.26. The fraction of sp³-hybridized carbons (Fsp3) is 0.615. The summed E-state index contributed by atoms with van der Waals surface area (Å²) in [6.07, 6.45) is 1.01. The number of amides is 1. The van der Waals surface area contributed by atoms with Gasteiger partial charge in [-0.25, -0.2) is 0 Å². The van der Waals surface area contributed by atoms with Gasteiger partial charge in [-0.15, -0.1) is 11.3 Å². The summed E-state index contributed by atoms with van der Waals surface area (Å²) in [5, 5.41) is 2.67. The van der Waals surface area contributed by atoms with Gasteiger partial charge in [-0.1, -0.05) is 6.92 Å². The first-order valence-electron chi connectivity index (χ1n) is 6.33. The summed E-state index contributed by atoms with van der Waals surface area (Å²) in [5.74, 6) is 0.0372. The predicted octanol–water partition coefficient (Wildman–Crippen LogP) is 1.51. The van der Waals surface area contributed by atoms with E-state index in [4.69, 9.17) is 5.73 Å². The number of carbonyl (C=O) groups is 1. The van der Waals surface area contributed by atoms with Crippen LogP contribution < -0.4 is 11.1 Å². The minimum Gasteiger partial charge on any atom is -0.358 e. The molecule has 0 fully saturated rings. The molecule has 5 heteroatoms. The van der Waals surface area contributed by atoms with Gasteiger partial charge in [-0.2, -0.15) is 0 Å². The van der Waals surface area contributed by atoms with E-state index in [1.165, 1.54) is 9.75 Å². The molecule has 0 saturated carbocycles. The Hall–Kier alpha value is -0.910. The quantitative estimate of drug-likeness (QED) is 0.789. The van der Waals surface area contributed by atoms with Gasteiger partial charge in [-0.05, 0) is 32.0 Å². The Morgan fingerprint density at radius 3 is 2.72 bits per heavy atom. The minimum atomic E-state index is 0.0372. The number of hydrogen-bond acceptors (Lipinski definition) is 4. The third kappa shape index (κ3) is 4.08. The van der Waals surface area contributed by atoms with Crippen molar-refractivity contribution < 1.29 is 4.79 Å². The monoisotopic (exact) mass is 269 g/mol. The van der Waals surface area contributed by atoms with Crippen LogP contribution in [-0.4, -0.2) is 37.5 Å². The van der Waals surface area contributed by atoms with Crippen molar-refractivity contribution in [1.82, 2.24) is 10.2 Å². The Morgan fingerprint density at radius 1 is 1.56 bits per heavy atom. The topological polar surface area (TPSA) is 58.4 Å². The lowest BCUT2D eigenvalue weighted by molar-refractivity contribution is -0.122. The number of nitrogens with zero attached hydrogens (tertiary/aromatic N) is 1. The first kappa shape index (κ1) is 15.1. The molecule has 3 N–H and O–H groups in total. The van der Waals surface area contributed by atoms with Gasteiger partial charge >= 0.3 is 0 Å². The second-order valence-electron chi connectivity index (χ2n) is 4.34. The summed E-state index contributed by atoms with van der Waals surface area (Å²) >= 11 is 1.76. The largest absolute Gasteiger partial charge is 0.358 e. The predicted molar refractivity (Wildman–Crippen MR) is 76.8 cm³/mol. The first-order chi connectivity index (χ1) is 8.62. The molecule has 1 aromatic heterocycles. The minimum absolute atomic E-state index is 0.0372. The van der Waals surface area contributed by atoms with Crippen LogP contribution in [0.1, 0.15) is 29.1 Å². The van der Waals surface area contributed by atoms with Crippen molar-refractivity contribution in [2.24, 2.45) is 5.73 Å². The van der Waals surface area contributed by atoms with Crippen LogP contribution >= 0.6 is 11.3 Å². The van der Waals surface area contributed by atoms with Crippen molar-refractivity contribution in [1.29, 1.82) is 0 Å². The zero-order valence-corrected chi connectivity index (χ0v) is 12.2. The number of thiophene rings is 1. The summed E-state index contributed by atoms with van der Waals surface area (Å²) in [6, 6.07) is 4.36. The summed E-state index contributed by atoms with van der Waals surface area (Å²) in [4.78, 5) is 16.2. The number of hydrogen-bond donors (Lipinski definition) is 2. The van der Waals surface area contributed by atoms with Crippen LogP contribution in [0.25, 0.3) is 0 Å². The molecule has 0 saturated heterocycles. The van der Waals surface area contributed by atoms with E-state index in [0.29, 0.717) is 13.1 Å². The lowest BCUT2D eigenvalue weighted by atomic mass is 10.2. The summed E-state index contributed by atoms with van der Waals surface area (Å²) < 4.78 is 0. The SMILES string of the molecule is CCCN(CC(=O)NC)C(CN)c1ccc(C)s1. The molecule has 0 spiro atoms. The molecule has 18 heavy (non-hydrogen) atoms. The van der Waals surface area contributed by atoms with E-state index in [2.05, 4.69) is 36.2 Å². The molecule has 1 unspecified atom stereocenters. The molecule has 1 aromatic rings. The molecule has 102 valence electrons. The number of rotatable bonds is 7. The zero-order valence-electron chi connectivity index (χ0n) is 11.4. The van der Waals surface area contributed by atoms with Crippen LogP contribution in [0.2, 0.25) is 0 Å². The Kier molecular flexibility index (Phi) is 6.32. The summed E-state index contributed by atoms with van der Waals surface area (Å²) in [6.45, 7) is 6.03. The first-order valence-corrected chi connectivity index (χ1v) is 7.15. The van der Waals surface area contributed by atoms with Gasteiger partial charge in [0, 0.05) is 23.3 Å². The lowest BCUT2D eigenvalue weighted by Crippen LogP contribution is -2.40. The molecule has 0 aliphatic heterocycles. The normalized spacial score (nSPS) is 12.7. The second-order valence-corrected chi connectivity index (χ2v) is 5.66. The van der Waals surface area contributed by atoms with Gasteiger partial charge in [0.05, 0.1) is 12.6 Å². The fourth-order valence-corrected chi connectivity index (χ4v) is 3.00. The van der Waals surface area contributed by atoms with E-state index >= 15 is 0 Å². The fourth-order valence-electron chi connectivity index (χ4n) is 1.97. The Bertz CT molecular complexity index is 378. The van der Waals surface area contributed by atoms with Crippen LogP contribution in [0.5, 0.6) is 0 Å². The van der Waals surface area contributed by atoms with Crippen molar-refractivity contribution in [2.45, 2.75) is 26.3 Å². The molecule has 0 aliphatic carbocycles. The highest BCUT2D eigenvalue weighted by molar-refractivity contribution is 7.12. The highest BCUT2D eigenvalue weighted by Gasteiger charge is 2.21. The van der Waals surface area contributed by atoms with Crippen molar-refractivity contribution in [3.63, 3.8) is 0 Å². The number of nitrogens with one attached hydrogen (secondary N) is 1. The molecule has 1 heterocycles. The van der Waals surface area contributed by atoms with Gasteiger partial charge in [-0.3, -0.25) is 9.69 Å². The molecular weight excluding hydrogens is 246 g/mol. The molecule has 1 amide bonds. The molecule has 0 radical (unpaired) electrons. The smallest absolute Gasteiger partial charge is 0.233 e. The molecule has 1 atom stereocenters. The highest BCUT2D eigenvalue weighted by atomic mass is 32.1. The number of aryl methyl sites for hydroxylation is 1. The summed E-state index contributed by atoms with van der Waals surface area (Å²) in [7, 11) is 1.67. The number of carbonyl (C=O) groups excluding carboxylic acids is 1. The van der Waals surface area contributed by atoms with Crippen molar-refractivity contribution in [3.05, 3.63) is 21.9 Å². The molecule has 0 aliphatic rings. The van der Waals surface area contributed by atoms with Crippen molar-refractivity contribution >= 4 is 17.2 Å². The maximum absolute atomic E-state index is 11.6. The Balaban J connectivity index is 2.83. The van der Waals surface area contributed by atoms with Crippen LogP contribution in [-0.2, 0) is 4.79 Å². The molecule has 1 rings (SSSR count). The van der Waals surface area contributed by atoms with E-state index in [1.807, 2.05) is 0 Å². The maximum Gasteiger partial charge on any atom is 0.233 e. The van der Waals surface area contributed by atoms with Gasteiger partial charge in [0.1, 0.15) is 0 Å². The van der Waals surface area contributed by atoms with E-state index < -0.39 is 0 Å². The van der Waals surface area contributed by atoms with E-state index in [1.54, 1.807) is 18.4 Å². The third-order valence-electron chi connectivity index (χ3n) is 2.89. The summed E-state index contributed by atoms with van der Waals surface area (Å²) in [5.41, 5.74) is 5.90. The van der Waals surface area contributed by atoms with E-state index in [-0.39, 0.29) is 11.9 Å². The van der Waals surface area contributed by atoms with Crippen LogP contribution in [0.4, 0.5) is 0 Å². The average molecular weight is 269 g/mol. The number of likely N-dealkylation sites (N-methyl/N-ethyl adjacent to an activating group) is 1. The number of nitrogens with two attached hydrogens (primary N) is 1. The molecule has 0 aromatic carbocycles. The van der Waals surface area contributed by atoms with Gasteiger partial charge < -0.3 is 11.1 Å². The van der Waals surface area contributed by atoms with Gasteiger partial charge in [0.2, 0.25) is 5.91 Å². The van der Waals surface area contributed by atoms with Crippen LogP contribution in [0.3, 0.4) is 0 Å². The van der Waals surface area contributed by atoms with Crippen LogP contribution in [0.15, 0.2) is 12.1 Å². The van der Waals surface area contributed by atoms with Crippen molar-refractivity contribution in [3.8, 4) is 0 Å². The molecule has 4 nitrogen and oxygen atoms in total. The van der Waals surface area contributed by atoms with E-state index in [9.17, 15) is 4.79 Å².